The Hall–Kier alpha value is -4.72. The lowest BCUT2D eigenvalue weighted by molar-refractivity contribution is 0.0682. The number of aromatic nitrogens is 2. The van der Waals surface area contributed by atoms with Crippen molar-refractivity contribution < 1.29 is 29.3 Å². The summed E-state index contributed by atoms with van der Waals surface area (Å²) >= 11 is 0. The van der Waals surface area contributed by atoms with Crippen LogP contribution in [0, 0.1) is 0 Å². The van der Waals surface area contributed by atoms with Gasteiger partial charge in [-0.05, 0) is 59.7 Å². The Morgan fingerprint density at radius 3 is 1.18 bits per heavy atom. The van der Waals surface area contributed by atoms with E-state index in [-0.39, 0.29) is 11.1 Å². The molecule has 0 aliphatic heterocycles. The van der Waals surface area contributed by atoms with Gasteiger partial charge in [-0.2, -0.15) is 0 Å². The summed E-state index contributed by atoms with van der Waals surface area (Å²) in [5.74, 6) is -1.16. The molecule has 0 radical (unpaired) electrons. The Morgan fingerprint density at radius 2 is 0.912 bits per heavy atom. The zero-order valence-corrected chi connectivity index (χ0v) is 18.7. The quantitative estimate of drug-likeness (QED) is 0.430. The molecule has 0 atom stereocenters. The summed E-state index contributed by atoms with van der Waals surface area (Å²) in [6.07, 6.45) is 7.15. The third-order valence-electron chi connectivity index (χ3n) is 4.37. The first-order valence-electron chi connectivity index (χ1n) is 10.0. The van der Waals surface area contributed by atoms with E-state index in [1.807, 2.05) is 24.3 Å². The van der Waals surface area contributed by atoms with E-state index < -0.39 is 11.9 Å². The molecule has 2 aromatic carbocycles. The summed E-state index contributed by atoms with van der Waals surface area (Å²) in [6.45, 7) is 0. The van der Waals surface area contributed by atoms with E-state index in [4.69, 9.17) is 19.7 Å². The van der Waals surface area contributed by atoms with Gasteiger partial charge in [-0.15, -0.1) is 0 Å². The molecule has 0 bridgehead atoms. The predicted molar refractivity (Wildman–Crippen MR) is 127 cm³/mol. The number of para-hydroxylation sites is 2. The molecule has 2 aromatic heterocycles. The summed E-state index contributed by atoms with van der Waals surface area (Å²) in [5.41, 5.74) is 2.73. The Kier molecular flexibility index (Phi) is 10.2. The molecule has 8 heteroatoms. The van der Waals surface area contributed by atoms with E-state index in [9.17, 15) is 9.59 Å². The smallest absolute Gasteiger partial charge is 0.339 e. The van der Waals surface area contributed by atoms with Crippen LogP contribution < -0.4 is 9.47 Å². The number of hydrogen-bond acceptors (Lipinski definition) is 6. The summed E-state index contributed by atoms with van der Waals surface area (Å²) in [7, 11) is 2.89. The normalized spacial score (nSPS) is 9.35. The Morgan fingerprint density at radius 1 is 0.588 bits per heavy atom. The van der Waals surface area contributed by atoms with Crippen molar-refractivity contribution in [2.75, 3.05) is 14.2 Å². The van der Waals surface area contributed by atoms with Crippen LogP contribution >= 0.6 is 0 Å². The van der Waals surface area contributed by atoms with Gasteiger partial charge in [0.25, 0.3) is 0 Å². The molecule has 4 aromatic rings. The number of carbonyl (C=O) groups is 2. The van der Waals surface area contributed by atoms with Gasteiger partial charge in [0.1, 0.15) is 22.6 Å². The number of methoxy groups -OCH3 is 2. The van der Waals surface area contributed by atoms with Gasteiger partial charge in [0, 0.05) is 24.8 Å². The van der Waals surface area contributed by atoms with Gasteiger partial charge in [-0.25, -0.2) is 9.59 Å². The monoisotopic (exact) mass is 460 g/mol. The van der Waals surface area contributed by atoms with Crippen molar-refractivity contribution >= 4 is 11.9 Å². The van der Waals surface area contributed by atoms with Crippen molar-refractivity contribution in [3.05, 3.63) is 109 Å². The fraction of sp³-hybridized carbons (Fsp3) is 0.0769. The topological polar surface area (TPSA) is 119 Å². The predicted octanol–water partition coefficient (Wildman–Crippen LogP) is 4.93. The molecule has 2 N–H and O–H groups in total. The zero-order valence-electron chi connectivity index (χ0n) is 18.7. The van der Waals surface area contributed by atoms with Crippen LogP contribution in [0.3, 0.4) is 0 Å². The van der Waals surface area contributed by atoms with Gasteiger partial charge in [0.15, 0.2) is 0 Å². The van der Waals surface area contributed by atoms with Gasteiger partial charge >= 0.3 is 11.9 Å². The van der Waals surface area contributed by atoms with Gasteiger partial charge in [-0.1, -0.05) is 24.3 Å². The molecule has 0 amide bonds. The third kappa shape index (κ3) is 7.76. The molecule has 0 aliphatic carbocycles. The minimum absolute atomic E-state index is 0.190. The first kappa shape index (κ1) is 25.5. The first-order valence-corrected chi connectivity index (χ1v) is 10.0. The number of rotatable bonds is 5. The molecular formula is C26H24N2O6. The number of carboxylic acids is 2. The molecule has 0 saturated heterocycles. The minimum Gasteiger partial charge on any atom is -0.496 e. The summed E-state index contributed by atoms with van der Waals surface area (Å²) in [5, 5.41) is 17.2. The lowest BCUT2D eigenvalue weighted by Gasteiger charge is -2.01. The average Bonchev–Trinajstić information content (AvgIpc) is 2.90. The number of carboxylic acid groups (broad SMARTS) is 2. The zero-order chi connectivity index (χ0) is 24.8. The van der Waals surface area contributed by atoms with Crippen LogP contribution in [0.15, 0.2) is 97.6 Å². The average molecular weight is 460 g/mol. The van der Waals surface area contributed by atoms with Gasteiger partial charge < -0.3 is 19.7 Å². The highest BCUT2D eigenvalue weighted by Crippen LogP contribution is 2.17. The highest BCUT2D eigenvalue weighted by atomic mass is 16.5. The largest absolute Gasteiger partial charge is 0.496 e. The van der Waals surface area contributed by atoms with E-state index in [1.54, 1.807) is 61.2 Å². The van der Waals surface area contributed by atoms with Crippen LogP contribution in [0.2, 0.25) is 0 Å². The van der Waals surface area contributed by atoms with E-state index in [0.717, 1.165) is 0 Å². The molecule has 34 heavy (non-hydrogen) atoms. The summed E-state index contributed by atoms with van der Waals surface area (Å²) in [6, 6.07) is 20.9. The van der Waals surface area contributed by atoms with Gasteiger partial charge in [-0.3, -0.25) is 9.97 Å². The van der Waals surface area contributed by atoms with Gasteiger partial charge in [0.2, 0.25) is 0 Å². The van der Waals surface area contributed by atoms with Crippen molar-refractivity contribution in [1.82, 2.24) is 9.97 Å². The lowest BCUT2D eigenvalue weighted by atomic mass is 10.1. The maximum absolute atomic E-state index is 10.5. The van der Waals surface area contributed by atoms with Crippen molar-refractivity contribution in [3.63, 3.8) is 0 Å². The molecule has 0 aliphatic rings. The van der Waals surface area contributed by atoms with Crippen LogP contribution in [-0.2, 0) is 0 Å². The Balaban J connectivity index is 0.000000181. The molecule has 8 nitrogen and oxygen atoms in total. The van der Waals surface area contributed by atoms with Crippen molar-refractivity contribution in [2.45, 2.75) is 0 Å². The second-order valence-corrected chi connectivity index (χ2v) is 6.48. The number of nitrogens with zero attached hydrogens (tertiary/aromatic N) is 2. The van der Waals surface area contributed by atoms with Crippen LogP contribution in [0.25, 0.3) is 11.1 Å². The Labute approximate surface area is 197 Å². The van der Waals surface area contributed by atoms with Crippen LogP contribution in [0.4, 0.5) is 0 Å². The Bertz CT molecular complexity index is 1090. The molecule has 0 spiro atoms. The van der Waals surface area contributed by atoms with E-state index >= 15 is 0 Å². The van der Waals surface area contributed by atoms with Crippen LogP contribution in [0.5, 0.6) is 11.5 Å². The van der Waals surface area contributed by atoms with E-state index in [2.05, 4.69) is 9.97 Å². The van der Waals surface area contributed by atoms with Gasteiger partial charge in [0.05, 0.1) is 14.2 Å². The summed E-state index contributed by atoms with van der Waals surface area (Å²) in [4.78, 5) is 28.9. The van der Waals surface area contributed by atoms with E-state index in [1.165, 1.54) is 37.5 Å². The maximum Gasteiger partial charge on any atom is 0.339 e. The SMILES string of the molecule is COc1ccccc1C(=O)O.COc1ccccc1C(=O)O.c1cc(-c2ccncc2)ccn1. The number of aromatic carboxylic acids is 2. The molecule has 174 valence electrons. The second kappa shape index (κ2) is 13.6. The first-order chi connectivity index (χ1) is 16.5. The lowest BCUT2D eigenvalue weighted by Crippen LogP contribution is -1.99. The minimum atomic E-state index is -0.970. The number of hydrogen-bond donors (Lipinski definition) is 2. The molecule has 0 unspecified atom stereocenters. The van der Waals surface area contributed by atoms with E-state index in [0.29, 0.717) is 11.5 Å². The van der Waals surface area contributed by atoms with Crippen molar-refractivity contribution in [1.29, 1.82) is 0 Å². The third-order valence-corrected chi connectivity index (χ3v) is 4.37. The highest BCUT2D eigenvalue weighted by molar-refractivity contribution is 5.91. The number of pyridine rings is 2. The van der Waals surface area contributed by atoms with Crippen LogP contribution in [0.1, 0.15) is 20.7 Å². The highest BCUT2D eigenvalue weighted by Gasteiger charge is 2.08. The van der Waals surface area contributed by atoms with Crippen LogP contribution in [-0.4, -0.2) is 46.3 Å². The second-order valence-electron chi connectivity index (χ2n) is 6.48. The molecule has 0 saturated carbocycles. The fourth-order valence-electron chi connectivity index (χ4n) is 2.73. The molecule has 4 rings (SSSR count). The maximum atomic E-state index is 10.5. The fourth-order valence-corrected chi connectivity index (χ4v) is 2.73. The number of ether oxygens (including phenoxy) is 2. The van der Waals surface area contributed by atoms with Crippen molar-refractivity contribution in [2.24, 2.45) is 0 Å². The molecule has 0 fully saturated rings. The molecular weight excluding hydrogens is 436 g/mol. The van der Waals surface area contributed by atoms with Crippen molar-refractivity contribution in [3.8, 4) is 22.6 Å². The number of benzene rings is 2. The standard InChI is InChI=1S/C10H8N2.2C8H8O3/c1-5-11-6-2-9(1)10-3-7-12-8-4-10;2*1-11-7-5-3-2-4-6(7)8(9)10/h1-8H;2*2-5H,1H3,(H,9,10). The summed E-state index contributed by atoms with van der Waals surface area (Å²) < 4.78 is 9.65. The molecule has 2 heterocycles.